The highest BCUT2D eigenvalue weighted by atomic mass is 16.4. The molecule has 0 saturated heterocycles. The van der Waals surface area contributed by atoms with Gasteiger partial charge >= 0.3 is 0 Å². The Morgan fingerprint density at radius 2 is 1.67 bits per heavy atom. The van der Waals surface area contributed by atoms with Crippen LogP contribution in [0, 0.1) is 0 Å². The van der Waals surface area contributed by atoms with Gasteiger partial charge in [-0.3, -0.25) is 4.79 Å². The third-order valence-electron chi connectivity index (χ3n) is 1.39. The van der Waals surface area contributed by atoms with Crippen LogP contribution in [0.4, 0.5) is 0 Å². The van der Waals surface area contributed by atoms with E-state index in [1.165, 1.54) is 0 Å². The Labute approximate surface area is 68.7 Å². The molecular formula is C6H12O6. The number of carbonyl (C=O) groups is 1. The second kappa shape index (κ2) is 5.18. The van der Waals surface area contributed by atoms with Crippen LogP contribution in [-0.4, -0.2) is 62.8 Å². The summed E-state index contributed by atoms with van der Waals surface area (Å²) in [6.07, 6.45) is -5.22. The summed E-state index contributed by atoms with van der Waals surface area (Å²) in [6, 6.07) is 0. The Morgan fingerprint density at radius 1 is 1.17 bits per heavy atom. The largest absolute Gasteiger partial charge is 0.394 e. The van der Waals surface area contributed by atoms with Crippen LogP contribution in [0.5, 0.6) is 0 Å². The summed E-state index contributed by atoms with van der Waals surface area (Å²) >= 11 is 0. The maximum Gasteiger partial charge on any atom is 0.189 e. The van der Waals surface area contributed by atoms with Crippen molar-refractivity contribution >= 4 is 5.78 Å². The van der Waals surface area contributed by atoms with Crippen molar-refractivity contribution < 1.29 is 30.3 Å². The Balaban J connectivity index is 4.08. The smallest absolute Gasteiger partial charge is 0.189 e. The van der Waals surface area contributed by atoms with Crippen molar-refractivity contribution in [2.45, 2.75) is 18.3 Å². The van der Waals surface area contributed by atoms with Crippen LogP contribution in [0.1, 0.15) is 0 Å². The second-order valence-corrected chi connectivity index (χ2v) is 2.31. The molecule has 0 aliphatic heterocycles. The standard InChI is InChI=1S/C6H12O6/c7-1-3(9)5(11)6(12)4(10)2-8/h3,5-9,11-12H,1-2H2/t3-,5-,6-/m1/s1/i2+1,4+1. The topological polar surface area (TPSA) is 118 Å². The summed E-state index contributed by atoms with van der Waals surface area (Å²) < 4.78 is 0. The van der Waals surface area contributed by atoms with Gasteiger partial charge in [-0.15, -0.1) is 0 Å². The highest BCUT2D eigenvalue weighted by Crippen LogP contribution is 2.00. The maximum absolute atomic E-state index is 10.5. The van der Waals surface area contributed by atoms with Crippen LogP contribution >= 0.6 is 0 Å². The van der Waals surface area contributed by atoms with E-state index in [4.69, 9.17) is 25.5 Å². The highest BCUT2D eigenvalue weighted by Gasteiger charge is 2.28. The first-order chi connectivity index (χ1) is 5.54. The molecule has 0 spiro atoms. The maximum atomic E-state index is 10.5. The molecule has 0 fully saturated rings. The molecule has 0 unspecified atom stereocenters. The van der Waals surface area contributed by atoms with Crippen molar-refractivity contribution in [1.82, 2.24) is 0 Å². The molecule has 6 nitrogen and oxygen atoms in total. The van der Waals surface area contributed by atoms with E-state index in [-0.39, 0.29) is 0 Å². The fourth-order valence-corrected chi connectivity index (χ4v) is 0.602. The van der Waals surface area contributed by atoms with Crippen LogP contribution in [0.15, 0.2) is 0 Å². The average Bonchev–Trinajstić information content (AvgIpc) is 2.12. The zero-order chi connectivity index (χ0) is 9.72. The van der Waals surface area contributed by atoms with E-state index in [0.717, 1.165) is 0 Å². The fourth-order valence-electron chi connectivity index (χ4n) is 0.602. The van der Waals surface area contributed by atoms with Gasteiger partial charge in [0, 0.05) is 0 Å². The molecule has 0 saturated carbocycles. The SMILES string of the molecule is O=[13C]([13CH2]O)[C@@H](O)[C@H](O)[C@H](O)CO. The van der Waals surface area contributed by atoms with Crippen LogP contribution in [0.3, 0.4) is 0 Å². The molecule has 0 aliphatic carbocycles. The number of aliphatic hydroxyl groups is 5. The lowest BCUT2D eigenvalue weighted by molar-refractivity contribution is -0.142. The number of hydrogen-bond donors (Lipinski definition) is 5. The molecule has 5 N–H and O–H groups in total. The summed E-state index contributed by atoms with van der Waals surface area (Å²) in [4.78, 5) is 10.5. The van der Waals surface area contributed by atoms with Crippen molar-refractivity contribution in [3.8, 4) is 0 Å². The second-order valence-electron chi connectivity index (χ2n) is 2.31. The fraction of sp³-hybridized carbons (Fsp3) is 0.833. The zero-order valence-corrected chi connectivity index (χ0v) is 6.29. The molecule has 72 valence electrons. The Bertz CT molecular complexity index is 147. The van der Waals surface area contributed by atoms with Crippen molar-refractivity contribution in [1.29, 1.82) is 0 Å². The van der Waals surface area contributed by atoms with E-state index >= 15 is 0 Å². The molecule has 0 amide bonds. The highest BCUT2D eigenvalue weighted by molar-refractivity contribution is 5.84. The minimum atomic E-state index is -1.86. The summed E-state index contributed by atoms with van der Waals surface area (Å²) in [6.45, 7) is -1.69. The van der Waals surface area contributed by atoms with Gasteiger partial charge in [0.05, 0.1) is 6.61 Å². The lowest BCUT2D eigenvalue weighted by Gasteiger charge is -2.19. The molecule has 0 aromatic heterocycles. The molecule has 0 heterocycles. The molecule has 3 atom stereocenters. The zero-order valence-electron chi connectivity index (χ0n) is 6.29. The number of rotatable bonds is 5. The van der Waals surface area contributed by atoms with E-state index in [9.17, 15) is 4.79 Å². The predicted molar refractivity (Wildman–Crippen MR) is 37.2 cm³/mol. The molecule has 0 aromatic carbocycles. The van der Waals surface area contributed by atoms with E-state index in [1.54, 1.807) is 0 Å². The summed E-state index contributed by atoms with van der Waals surface area (Å²) in [7, 11) is 0. The molecule has 12 heavy (non-hydrogen) atoms. The first-order valence-corrected chi connectivity index (χ1v) is 3.33. The van der Waals surface area contributed by atoms with Crippen LogP contribution in [0.2, 0.25) is 0 Å². The number of aliphatic hydroxyl groups excluding tert-OH is 5. The minimum absolute atomic E-state index is 0.767. The van der Waals surface area contributed by atoms with Crippen molar-refractivity contribution in [3.63, 3.8) is 0 Å². The van der Waals surface area contributed by atoms with Crippen molar-refractivity contribution in [2.75, 3.05) is 13.2 Å². The molecule has 0 aliphatic rings. The Kier molecular flexibility index (Phi) is 4.95. The van der Waals surface area contributed by atoms with Gasteiger partial charge in [-0.05, 0) is 0 Å². The number of carbonyl (C=O) groups excluding carboxylic acids is 1. The summed E-state index contributed by atoms with van der Waals surface area (Å²) in [5.74, 6) is -1.00. The van der Waals surface area contributed by atoms with Gasteiger partial charge < -0.3 is 25.5 Å². The average molecular weight is 182 g/mol. The number of ketones is 1. The first kappa shape index (κ1) is 11.5. The molecule has 0 aromatic rings. The van der Waals surface area contributed by atoms with Crippen LogP contribution in [-0.2, 0) is 4.79 Å². The van der Waals surface area contributed by atoms with E-state index in [2.05, 4.69) is 0 Å². The van der Waals surface area contributed by atoms with Gasteiger partial charge in [-0.1, -0.05) is 0 Å². The number of hydrogen-bond acceptors (Lipinski definition) is 6. The molecule has 6 heteroatoms. The quantitative estimate of drug-likeness (QED) is 0.283. The molecule has 0 radical (unpaired) electrons. The van der Waals surface area contributed by atoms with Gasteiger partial charge in [0.15, 0.2) is 5.78 Å². The Hall–Kier alpha value is -0.530. The first-order valence-electron chi connectivity index (χ1n) is 3.33. The van der Waals surface area contributed by atoms with Crippen LogP contribution < -0.4 is 0 Å². The lowest BCUT2D eigenvalue weighted by Crippen LogP contribution is -2.44. The Morgan fingerprint density at radius 3 is 2.00 bits per heavy atom. The normalized spacial score (nSPS) is 18.4. The van der Waals surface area contributed by atoms with E-state index in [0.29, 0.717) is 0 Å². The van der Waals surface area contributed by atoms with Crippen LogP contribution in [0.25, 0.3) is 0 Å². The third kappa shape index (κ3) is 2.84. The van der Waals surface area contributed by atoms with Crippen molar-refractivity contribution in [3.05, 3.63) is 0 Å². The van der Waals surface area contributed by atoms with Gasteiger partial charge in [0.1, 0.15) is 24.9 Å². The van der Waals surface area contributed by atoms with E-state index in [1.807, 2.05) is 0 Å². The predicted octanol–water partition coefficient (Wildman–Crippen LogP) is -3.38. The third-order valence-corrected chi connectivity index (χ3v) is 1.39. The van der Waals surface area contributed by atoms with Gasteiger partial charge in [0.2, 0.25) is 0 Å². The number of Topliss-reactive ketones (excluding diaryl/α,β-unsaturated/α-hetero) is 1. The molecular weight excluding hydrogens is 170 g/mol. The molecule has 0 bridgehead atoms. The van der Waals surface area contributed by atoms with Gasteiger partial charge in [-0.25, -0.2) is 0 Å². The van der Waals surface area contributed by atoms with E-state index < -0.39 is 37.3 Å². The summed E-state index contributed by atoms with van der Waals surface area (Å²) in [5.41, 5.74) is 0. The van der Waals surface area contributed by atoms with Gasteiger partial charge in [-0.2, -0.15) is 0 Å². The lowest BCUT2D eigenvalue weighted by atomic mass is 10.1. The van der Waals surface area contributed by atoms with Crippen molar-refractivity contribution in [2.24, 2.45) is 0 Å². The minimum Gasteiger partial charge on any atom is -0.394 e. The molecule has 0 rings (SSSR count). The van der Waals surface area contributed by atoms with Gasteiger partial charge in [0.25, 0.3) is 0 Å². The monoisotopic (exact) mass is 182 g/mol. The summed E-state index contributed by atoms with van der Waals surface area (Å²) in [5, 5.41) is 43.1.